The molecule has 2 aliphatic heterocycles. The van der Waals surface area contributed by atoms with Gasteiger partial charge in [0.25, 0.3) is 20.2 Å². The smallest absolute Gasteiger partial charge is 0.283 e. The van der Waals surface area contributed by atoms with E-state index in [1.54, 1.807) is 30.4 Å². The van der Waals surface area contributed by atoms with Crippen molar-refractivity contribution < 1.29 is 25.7 Å². The molecule has 1 unspecified atom stereocenters. The molecule has 4 aromatic carbocycles. The second kappa shape index (κ2) is 14.8. The fourth-order valence-electron chi connectivity index (χ4n) is 6.13. The Bertz CT molecular complexity index is 2100. The number of benzene rings is 4. The molecule has 0 fully saturated rings. The van der Waals surface area contributed by atoms with Crippen molar-refractivity contribution in [3.05, 3.63) is 95.6 Å². The van der Waals surface area contributed by atoms with Crippen LogP contribution < -0.4 is 15.3 Å². The van der Waals surface area contributed by atoms with Gasteiger partial charge in [-0.15, -0.1) is 0 Å². The molecular formula is C35H39N3O6S4. The molecule has 0 bridgehead atoms. The van der Waals surface area contributed by atoms with E-state index in [1.165, 1.54) is 0 Å². The number of rotatable bonds is 14. The van der Waals surface area contributed by atoms with Crippen molar-refractivity contribution in [2.75, 3.05) is 40.9 Å². The summed E-state index contributed by atoms with van der Waals surface area (Å²) >= 11 is 3.41. The van der Waals surface area contributed by atoms with Crippen LogP contribution in [0.3, 0.4) is 0 Å². The van der Waals surface area contributed by atoms with Crippen molar-refractivity contribution in [3.63, 3.8) is 0 Å². The lowest BCUT2D eigenvalue weighted by Gasteiger charge is -2.26. The predicted molar refractivity (Wildman–Crippen MR) is 199 cm³/mol. The summed E-state index contributed by atoms with van der Waals surface area (Å²) in [4.78, 5) is 6.71. The van der Waals surface area contributed by atoms with E-state index in [4.69, 9.17) is 4.28 Å². The second-order valence-electron chi connectivity index (χ2n) is 11.6. The number of hydroxylamine groups is 1. The quantitative estimate of drug-likeness (QED) is 0.0991. The first-order chi connectivity index (χ1) is 23.1. The van der Waals surface area contributed by atoms with E-state index < -0.39 is 20.2 Å². The average molecular weight is 726 g/mol. The van der Waals surface area contributed by atoms with Gasteiger partial charge in [-0.25, -0.2) is 0 Å². The molecule has 6 rings (SSSR count). The molecule has 0 amide bonds. The van der Waals surface area contributed by atoms with Crippen molar-refractivity contribution >= 4 is 76.7 Å². The minimum Gasteiger partial charge on any atom is -0.354 e. The van der Waals surface area contributed by atoms with Gasteiger partial charge in [0.05, 0.1) is 33.3 Å². The normalized spacial score (nSPS) is 17.5. The van der Waals surface area contributed by atoms with Crippen LogP contribution in [-0.2, 0) is 24.5 Å². The number of thioether (sulfide) groups is 2. The van der Waals surface area contributed by atoms with Gasteiger partial charge < -0.3 is 9.80 Å². The molecule has 0 saturated heterocycles. The Balaban J connectivity index is 1.34. The highest BCUT2D eigenvalue weighted by atomic mass is 32.2. The van der Waals surface area contributed by atoms with Gasteiger partial charge in [-0.3, -0.25) is 4.55 Å². The van der Waals surface area contributed by atoms with Gasteiger partial charge >= 0.3 is 0 Å². The predicted octanol–water partition coefficient (Wildman–Crippen LogP) is 7.56. The highest BCUT2D eigenvalue weighted by Gasteiger charge is 2.32. The molecule has 1 atom stereocenters. The molecule has 9 nitrogen and oxygen atoms in total. The van der Waals surface area contributed by atoms with Gasteiger partial charge in [-0.05, 0) is 59.9 Å². The summed E-state index contributed by atoms with van der Waals surface area (Å²) in [5.41, 5.74) is 5.72. The maximum atomic E-state index is 12.5. The molecule has 2 heterocycles. The lowest BCUT2D eigenvalue weighted by atomic mass is 10.1. The van der Waals surface area contributed by atoms with Crippen molar-refractivity contribution in [1.29, 1.82) is 0 Å². The zero-order valence-electron chi connectivity index (χ0n) is 26.8. The van der Waals surface area contributed by atoms with E-state index in [2.05, 4.69) is 82.9 Å². The summed E-state index contributed by atoms with van der Waals surface area (Å²) in [6, 6.07) is 24.9. The van der Waals surface area contributed by atoms with E-state index in [0.717, 1.165) is 59.7 Å². The third-order valence-electron chi connectivity index (χ3n) is 8.30. The van der Waals surface area contributed by atoms with E-state index in [9.17, 15) is 21.4 Å². The van der Waals surface area contributed by atoms with Crippen molar-refractivity contribution in [3.8, 4) is 0 Å². The molecule has 13 heteroatoms. The summed E-state index contributed by atoms with van der Waals surface area (Å²) in [6.45, 7) is 5.24. The first-order valence-electron chi connectivity index (χ1n) is 16.0. The van der Waals surface area contributed by atoms with Gasteiger partial charge in [0, 0.05) is 40.2 Å². The second-order valence-corrected chi connectivity index (χ2v) is 17.1. The Morgan fingerprint density at radius 1 is 0.854 bits per heavy atom. The number of nitrogens with zero attached hydrogens (tertiary/aromatic N) is 2. The van der Waals surface area contributed by atoms with Gasteiger partial charge in [-0.1, -0.05) is 98.0 Å². The highest BCUT2D eigenvalue weighted by molar-refractivity contribution is 8.03. The molecule has 2 aliphatic rings. The van der Waals surface area contributed by atoms with Crippen molar-refractivity contribution in [1.82, 2.24) is 5.48 Å². The lowest BCUT2D eigenvalue weighted by Crippen LogP contribution is -2.31. The molecule has 48 heavy (non-hydrogen) atoms. The third-order valence-corrected chi connectivity index (χ3v) is 12.6. The Morgan fingerprint density at radius 3 is 2.17 bits per heavy atom. The van der Waals surface area contributed by atoms with Gasteiger partial charge in [0.2, 0.25) is 0 Å². The summed E-state index contributed by atoms with van der Waals surface area (Å²) < 4.78 is 62.5. The minimum atomic E-state index is -4.09. The fraction of sp³-hybridized carbons (Fsp3) is 0.314. The zero-order chi connectivity index (χ0) is 33.9. The summed E-state index contributed by atoms with van der Waals surface area (Å²) in [5, 5.41) is 5.37. The molecular weight excluding hydrogens is 687 g/mol. The number of hydrogen-bond acceptors (Lipinski definition) is 10. The van der Waals surface area contributed by atoms with Crippen LogP contribution in [0.1, 0.15) is 33.1 Å². The van der Waals surface area contributed by atoms with Crippen LogP contribution >= 0.6 is 23.5 Å². The number of hydrogen-bond donors (Lipinski definition) is 2. The molecule has 2 N–H and O–H groups in total. The maximum Gasteiger partial charge on any atom is 0.283 e. The summed E-state index contributed by atoms with van der Waals surface area (Å²) in [7, 11) is -7.80. The standard InChI is InChI=1S/C35H39N3O6S4/c1-3-25(23-32-37(19-9-21-47(39,40)41)34-28-13-7-5-11-26(28)15-17-30(34)45-32)24-33-38(20-10-22-48(42,43)44-36-4-2)35-29-14-8-6-12-27(29)16-18-31(35)46-33/h5-8,11-18,23-24,33,36H,3-4,9-10,19-22H2,1-2H3,(H,39,40,41)/b25-24+,32-23-. The van der Waals surface area contributed by atoms with Crippen LogP contribution in [0.2, 0.25) is 0 Å². The van der Waals surface area contributed by atoms with Gasteiger partial charge in [0.15, 0.2) is 0 Å². The van der Waals surface area contributed by atoms with Crippen molar-refractivity contribution in [2.24, 2.45) is 0 Å². The fourth-order valence-corrected chi connectivity index (χ4v) is 10.00. The zero-order valence-corrected chi connectivity index (χ0v) is 30.1. The van der Waals surface area contributed by atoms with Crippen LogP contribution in [0, 0.1) is 0 Å². The molecule has 0 aromatic heterocycles. The Morgan fingerprint density at radius 2 is 1.50 bits per heavy atom. The number of allylic oxidation sites excluding steroid dienone is 2. The monoisotopic (exact) mass is 725 g/mol. The summed E-state index contributed by atoms with van der Waals surface area (Å²) in [6.07, 6.45) is 5.87. The Kier molecular flexibility index (Phi) is 10.8. The minimum absolute atomic E-state index is 0.0717. The summed E-state index contributed by atoms with van der Waals surface area (Å²) in [5.74, 6) is -0.420. The molecule has 0 saturated carbocycles. The van der Waals surface area contributed by atoms with Gasteiger partial charge in [-0.2, -0.15) is 26.6 Å². The largest absolute Gasteiger partial charge is 0.354 e. The van der Waals surface area contributed by atoms with E-state index in [1.807, 2.05) is 24.3 Å². The number of anilines is 2. The van der Waals surface area contributed by atoms with Crippen LogP contribution in [0.5, 0.6) is 0 Å². The van der Waals surface area contributed by atoms with E-state index >= 15 is 0 Å². The van der Waals surface area contributed by atoms with Crippen molar-refractivity contribution in [2.45, 2.75) is 48.3 Å². The van der Waals surface area contributed by atoms with Crippen LogP contribution in [0.4, 0.5) is 11.4 Å². The number of nitrogens with one attached hydrogen (secondary N) is 1. The third kappa shape index (κ3) is 7.88. The molecule has 4 aromatic rings. The molecule has 0 aliphatic carbocycles. The molecule has 254 valence electrons. The first kappa shape index (κ1) is 34.8. The van der Waals surface area contributed by atoms with E-state index in [-0.39, 0.29) is 23.3 Å². The van der Waals surface area contributed by atoms with E-state index in [0.29, 0.717) is 26.1 Å². The van der Waals surface area contributed by atoms with Crippen LogP contribution in [0.25, 0.3) is 21.5 Å². The Labute approximate surface area is 291 Å². The SMILES string of the molecule is CCNOS(=O)(=O)CCCN1c2c(ccc3ccccc23)SC1/C=C(/C=C1\Sc2ccc3ccccc3c2N1CCCS(=O)(=O)O)CC. The van der Waals surface area contributed by atoms with Crippen LogP contribution in [0.15, 0.2) is 105 Å². The number of fused-ring (bicyclic) bond motifs is 6. The maximum absolute atomic E-state index is 12.5. The molecule has 0 radical (unpaired) electrons. The molecule has 0 spiro atoms. The highest BCUT2D eigenvalue weighted by Crippen LogP contribution is 2.51. The Hall–Kier alpha value is -3.04. The topological polar surface area (TPSA) is 116 Å². The van der Waals surface area contributed by atoms with Crippen LogP contribution in [-0.4, -0.2) is 57.9 Å². The average Bonchev–Trinajstić information content (AvgIpc) is 3.60. The van der Waals surface area contributed by atoms with Gasteiger partial charge in [0.1, 0.15) is 0 Å². The first-order valence-corrected chi connectivity index (χ1v) is 20.9. The lowest BCUT2D eigenvalue weighted by molar-refractivity contribution is 0.210.